The predicted octanol–water partition coefficient (Wildman–Crippen LogP) is 0.317. The molecule has 0 bridgehead atoms. The Morgan fingerprint density at radius 1 is 1.72 bits per heavy atom. The summed E-state index contributed by atoms with van der Waals surface area (Å²) in [4.78, 5) is 22.2. The van der Waals surface area contributed by atoms with Gasteiger partial charge in [0, 0.05) is 6.61 Å². The third kappa shape index (κ3) is 2.94. The van der Waals surface area contributed by atoms with E-state index >= 15 is 0 Å². The molecule has 18 heavy (non-hydrogen) atoms. The Morgan fingerprint density at radius 2 is 2.50 bits per heavy atom. The van der Waals surface area contributed by atoms with Gasteiger partial charge in [-0.25, -0.2) is 9.89 Å². The molecule has 1 atom stereocenters. The van der Waals surface area contributed by atoms with Crippen LogP contribution in [0.25, 0.3) is 0 Å². The highest BCUT2D eigenvalue weighted by molar-refractivity contribution is 7.99. The van der Waals surface area contributed by atoms with Crippen LogP contribution in [0, 0.1) is 0 Å². The summed E-state index contributed by atoms with van der Waals surface area (Å²) in [5, 5.41) is 15.2. The van der Waals surface area contributed by atoms with Crippen molar-refractivity contribution >= 4 is 17.7 Å². The molecule has 0 aliphatic carbocycles. The van der Waals surface area contributed by atoms with Crippen molar-refractivity contribution in [3.8, 4) is 0 Å². The first kappa shape index (κ1) is 13.2. The van der Waals surface area contributed by atoms with Crippen molar-refractivity contribution in [2.24, 2.45) is 0 Å². The lowest BCUT2D eigenvalue weighted by molar-refractivity contribution is -0.133. The van der Waals surface area contributed by atoms with Gasteiger partial charge in [0.1, 0.15) is 0 Å². The zero-order chi connectivity index (χ0) is 13.2. The molecule has 1 aromatic heterocycles. The monoisotopic (exact) mass is 273 g/mol. The van der Waals surface area contributed by atoms with Crippen LogP contribution in [0.3, 0.4) is 0 Å². The maximum Gasteiger partial charge on any atom is 0.344 e. The van der Waals surface area contributed by atoms with Crippen LogP contribution in [0.4, 0.5) is 0 Å². The molecule has 1 fully saturated rings. The van der Waals surface area contributed by atoms with Gasteiger partial charge in [-0.05, 0) is 19.8 Å². The topological polar surface area (TPSA) is 97.2 Å². The third-order valence-electron chi connectivity index (χ3n) is 2.84. The summed E-state index contributed by atoms with van der Waals surface area (Å²) in [6.07, 6.45) is 1.86. The number of aliphatic carboxylic acids is 1. The van der Waals surface area contributed by atoms with Crippen LogP contribution >= 0.6 is 11.8 Å². The molecule has 0 aromatic carbocycles. The average molecular weight is 273 g/mol. The van der Waals surface area contributed by atoms with Crippen LogP contribution in [-0.4, -0.2) is 43.8 Å². The number of aromatic nitrogens is 3. The van der Waals surface area contributed by atoms with Gasteiger partial charge in [-0.2, -0.15) is 0 Å². The summed E-state index contributed by atoms with van der Waals surface area (Å²) in [5.74, 6) is -1.06. The highest BCUT2D eigenvalue weighted by Crippen LogP contribution is 2.27. The largest absolute Gasteiger partial charge is 0.481 e. The molecule has 1 saturated heterocycles. The number of H-pyrrole nitrogens is 1. The lowest BCUT2D eigenvalue weighted by atomic mass is 10.0. The molecule has 0 amide bonds. The Balaban J connectivity index is 2.13. The lowest BCUT2D eigenvalue weighted by Gasteiger charge is -2.23. The Hall–Kier alpha value is -1.28. The van der Waals surface area contributed by atoms with Gasteiger partial charge in [-0.15, -0.1) is 5.10 Å². The number of rotatable bonds is 5. The number of carbonyl (C=O) groups is 1. The van der Waals surface area contributed by atoms with Gasteiger partial charge in [-0.3, -0.25) is 9.36 Å². The summed E-state index contributed by atoms with van der Waals surface area (Å²) >= 11 is 1.02. The van der Waals surface area contributed by atoms with Gasteiger partial charge in [0.05, 0.1) is 17.9 Å². The van der Waals surface area contributed by atoms with Crippen LogP contribution < -0.4 is 5.69 Å². The van der Waals surface area contributed by atoms with Crippen molar-refractivity contribution in [1.29, 1.82) is 0 Å². The molecule has 1 unspecified atom stereocenters. The Bertz CT molecular complexity index is 490. The Labute approximate surface area is 108 Å². The van der Waals surface area contributed by atoms with Crippen molar-refractivity contribution in [2.75, 3.05) is 12.4 Å². The number of hydrogen-bond donors (Lipinski definition) is 2. The maximum absolute atomic E-state index is 11.6. The summed E-state index contributed by atoms with van der Waals surface area (Å²) in [6.45, 7) is 3.04. The van der Waals surface area contributed by atoms with Crippen LogP contribution in [0.5, 0.6) is 0 Å². The lowest BCUT2D eigenvalue weighted by Crippen LogP contribution is -2.34. The Kier molecular flexibility index (Phi) is 3.76. The zero-order valence-electron chi connectivity index (χ0n) is 10.0. The van der Waals surface area contributed by atoms with Crippen molar-refractivity contribution in [2.45, 2.75) is 37.1 Å². The van der Waals surface area contributed by atoms with E-state index in [1.54, 1.807) is 0 Å². The van der Waals surface area contributed by atoms with Crippen molar-refractivity contribution < 1.29 is 14.6 Å². The molecule has 0 radical (unpaired) electrons. The van der Waals surface area contributed by atoms with E-state index in [9.17, 15) is 9.59 Å². The highest BCUT2D eigenvalue weighted by Gasteiger charge is 2.31. The van der Waals surface area contributed by atoms with Crippen molar-refractivity contribution in [1.82, 2.24) is 14.8 Å². The number of hydrogen-bond acceptors (Lipinski definition) is 5. The molecule has 1 aromatic rings. The minimum atomic E-state index is -0.940. The molecule has 100 valence electrons. The summed E-state index contributed by atoms with van der Waals surface area (Å²) in [6, 6.07) is 0. The number of carboxylic acid groups (broad SMARTS) is 1. The molecule has 2 heterocycles. The summed E-state index contributed by atoms with van der Waals surface area (Å²) in [7, 11) is 0. The van der Waals surface area contributed by atoms with E-state index in [0.717, 1.165) is 24.6 Å². The van der Waals surface area contributed by atoms with Crippen LogP contribution in [0.2, 0.25) is 0 Å². The standard InChI is InChI=1S/C10H15N3O4S/c1-10(3-2-4-17-10)6-13-8(16)11-12-9(13)18-5-7(14)15/h2-6H2,1H3,(H,11,16)(H,14,15). The van der Waals surface area contributed by atoms with Crippen LogP contribution in [0.1, 0.15) is 19.8 Å². The summed E-state index contributed by atoms with van der Waals surface area (Å²) in [5.41, 5.74) is -0.703. The van der Waals surface area contributed by atoms with E-state index in [1.807, 2.05) is 6.92 Å². The van der Waals surface area contributed by atoms with E-state index in [-0.39, 0.29) is 17.0 Å². The highest BCUT2D eigenvalue weighted by atomic mass is 32.2. The Morgan fingerprint density at radius 3 is 3.11 bits per heavy atom. The van der Waals surface area contributed by atoms with Gasteiger partial charge in [0.2, 0.25) is 0 Å². The van der Waals surface area contributed by atoms with Crippen molar-refractivity contribution in [3.63, 3.8) is 0 Å². The van der Waals surface area contributed by atoms with Crippen molar-refractivity contribution in [3.05, 3.63) is 10.5 Å². The minimum Gasteiger partial charge on any atom is -0.481 e. The number of nitrogens with zero attached hydrogens (tertiary/aromatic N) is 2. The van der Waals surface area contributed by atoms with E-state index < -0.39 is 5.97 Å². The zero-order valence-corrected chi connectivity index (χ0v) is 10.8. The number of aromatic amines is 1. The van der Waals surface area contributed by atoms with Gasteiger partial charge < -0.3 is 9.84 Å². The van der Waals surface area contributed by atoms with E-state index in [4.69, 9.17) is 9.84 Å². The van der Waals surface area contributed by atoms with Gasteiger partial charge in [0.15, 0.2) is 5.16 Å². The third-order valence-corrected chi connectivity index (χ3v) is 3.80. The summed E-state index contributed by atoms with van der Waals surface area (Å²) < 4.78 is 7.07. The molecule has 0 saturated carbocycles. The molecule has 0 spiro atoms. The average Bonchev–Trinajstić information content (AvgIpc) is 2.86. The van der Waals surface area contributed by atoms with E-state index in [2.05, 4.69) is 10.2 Å². The van der Waals surface area contributed by atoms with Crippen LogP contribution in [0.15, 0.2) is 9.95 Å². The first-order valence-electron chi connectivity index (χ1n) is 5.64. The second-order valence-corrected chi connectivity index (χ2v) is 5.42. The minimum absolute atomic E-state index is 0.123. The molecule has 2 rings (SSSR count). The maximum atomic E-state index is 11.6. The quantitative estimate of drug-likeness (QED) is 0.750. The first-order chi connectivity index (χ1) is 8.50. The molecule has 1 aliphatic heterocycles. The number of carboxylic acids is 1. The van der Waals surface area contributed by atoms with Gasteiger partial charge in [0.25, 0.3) is 0 Å². The van der Waals surface area contributed by atoms with E-state index in [1.165, 1.54) is 4.57 Å². The second-order valence-electron chi connectivity index (χ2n) is 4.48. The predicted molar refractivity (Wildman–Crippen MR) is 64.8 cm³/mol. The first-order valence-corrected chi connectivity index (χ1v) is 6.62. The molecule has 7 nitrogen and oxygen atoms in total. The van der Waals surface area contributed by atoms with E-state index in [0.29, 0.717) is 18.3 Å². The second kappa shape index (κ2) is 5.15. The number of ether oxygens (including phenoxy) is 1. The normalized spacial score (nSPS) is 23.4. The fraction of sp³-hybridized carbons (Fsp3) is 0.700. The fourth-order valence-electron chi connectivity index (χ4n) is 1.98. The van der Waals surface area contributed by atoms with Crippen LogP contribution in [-0.2, 0) is 16.1 Å². The number of nitrogens with one attached hydrogen (secondary N) is 1. The fourth-order valence-corrected chi connectivity index (χ4v) is 2.64. The molecular formula is C10H15N3O4S. The number of thioether (sulfide) groups is 1. The molecular weight excluding hydrogens is 258 g/mol. The molecule has 8 heteroatoms. The SMILES string of the molecule is CC1(Cn2c(SCC(=O)O)n[nH]c2=O)CCCO1. The molecule has 1 aliphatic rings. The molecule has 2 N–H and O–H groups in total. The van der Waals surface area contributed by atoms with Gasteiger partial charge in [-0.1, -0.05) is 11.8 Å². The smallest absolute Gasteiger partial charge is 0.344 e. The van der Waals surface area contributed by atoms with Gasteiger partial charge >= 0.3 is 11.7 Å².